The third-order valence-corrected chi connectivity index (χ3v) is 6.19. The Bertz CT molecular complexity index is 1060. The number of aryl methyl sites for hydroxylation is 1. The second kappa shape index (κ2) is 7.09. The number of thioether (sulfide) groups is 1. The highest BCUT2D eigenvalue weighted by molar-refractivity contribution is 7.99. The van der Waals surface area contributed by atoms with Crippen LogP contribution in [0.4, 0.5) is 0 Å². The summed E-state index contributed by atoms with van der Waals surface area (Å²) in [5.41, 5.74) is 3.71. The van der Waals surface area contributed by atoms with E-state index in [0.29, 0.717) is 5.75 Å². The zero-order valence-electron chi connectivity index (χ0n) is 14.5. The quantitative estimate of drug-likeness (QED) is 0.370. The van der Waals surface area contributed by atoms with Crippen LogP contribution in [0.1, 0.15) is 26.6 Å². The van der Waals surface area contributed by atoms with Crippen LogP contribution in [0.25, 0.3) is 5.65 Å². The van der Waals surface area contributed by atoms with Crippen LogP contribution in [-0.4, -0.2) is 30.7 Å². The maximum Gasteiger partial charge on any atom is 0.196 e. The molecule has 0 aromatic carbocycles. The zero-order chi connectivity index (χ0) is 18.1. The molecule has 4 aromatic heterocycles. The van der Waals surface area contributed by atoms with Crippen molar-refractivity contribution in [2.45, 2.75) is 25.5 Å². The number of carbonyl (C=O) groups is 1. The summed E-state index contributed by atoms with van der Waals surface area (Å²) in [5.74, 6) is 0.465. The molecule has 0 N–H and O–H groups in total. The highest BCUT2D eigenvalue weighted by Gasteiger charge is 2.17. The van der Waals surface area contributed by atoms with E-state index in [-0.39, 0.29) is 5.78 Å². The summed E-state index contributed by atoms with van der Waals surface area (Å²) in [5, 5.41) is 11.1. The van der Waals surface area contributed by atoms with Crippen molar-refractivity contribution in [2.75, 3.05) is 5.75 Å². The van der Waals surface area contributed by atoms with Crippen molar-refractivity contribution >= 4 is 34.5 Å². The number of hydrogen-bond acceptors (Lipinski definition) is 5. The van der Waals surface area contributed by atoms with E-state index in [9.17, 15) is 4.79 Å². The lowest BCUT2D eigenvalue weighted by atomic mass is 10.2. The Balaban J connectivity index is 1.51. The van der Waals surface area contributed by atoms with Crippen LogP contribution < -0.4 is 0 Å². The molecule has 0 unspecified atom stereocenters. The molecule has 0 bridgehead atoms. The van der Waals surface area contributed by atoms with Gasteiger partial charge in [-0.1, -0.05) is 23.9 Å². The van der Waals surface area contributed by atoms with Gasteiger partial charge in [0.15, 0.2) is 16.6 Å². The molecule has 26 heavy (non-hydrogen) atoms. The monoisotopic (exact) mass is 382 g/mol. The summed E-state index contributed by atoms with van der Waals surface area (Å²) in [4.78, 5) is 14.1. The van der Waals surface area contributed by atoms with Crippen molar-refractivity contribution in [3.05, 3.63) is 69.8 Å². The summed E-state index contributed by atoms with van der Waals surface area (Å²) in [6, 6.07) is 11.9. The van der Waals surface area contributed by atoms with Gasteiger partial charge in [0.2, 0.25) is 0 Å². The van der Waals surface area contributed by atoms with Gasteiger partial charge in [0, 0.05) is 28.0 Å². The third kappa shape index (κ3) is 3.20. The summed E-state index contributed by atoms with van der Waals surface area (Å²) in [7, 11) is 0. The molecule has 0 aliphatic rings. The number of aromatic nitrogens is 4. The highest BCUT2D eigenvalue weighted by Crippen LogP contribution is 2.23. The number of fused-ring (bicyclic) bond motifs is 1. The molecule has 4 aromatic rings. The van der Waals surface area contributed by atoms with Crippen LogP contribution in [0.15, 0.2) is 53.1 Å². The van der Waals surface area contributed by atoms with Crippen molar-refractivity contribution < 1.29 is 4.79 Å². The average molecular weight is 383 g/mol. The van der Waals surface area contributed by atoms with E-state index in [1.54, 1.807) is 11.3 Å². The molecule has 0 radical (unpaired) electrons. The number of thiophene rings is 1. The standard InChI is InChI=1S/C19H18N4OS2/c1-13-10-16(14(2)23(13)11-15-6-5-9-25-15)17(24)12-26-19-21-20-18-7-3-4-8-22(18)19/h3-10H,11-12H2,1-2H3. The molecule has 0 aliphatic heterocycles. The molecule has 0 saturated carbocycles. The molecule has 0 aliphatic carbocycles. The van der Waals surface area contributed by atoms with E-state index in [2.05, 4.69) is 39.2 Å². The van der Waals surface area contributed by atoms with Crippen molar-refractivity contribution in [2.24, 2.45) is 0 Å². The predicted octanol–water partition coefficient (Wildman–Crippen LogP) is 4.23. The fraction of sp³-hybridized carbons (Fsp3) is 0.211. The molecule has 0 atom stereocenters. The molecular formula is C19H18N4OS2. The molecular weight excluding hydrogens is 364 g/mol. The number of pyridine rings is 1. The summed E-state index contributed by atoms with van der Waals surface area (Å²) in [6.07, 6.45) is 1.91. The van der Waals surface area contributed by atoms with Gasteiger partial charge in [-0.3, -0.25) is 9.20 Å². The van der Waals surface area contributed by atoms with Crippen molar-refractivity contribution in [1.82, 2.24) is 19.2 Å². The summed E-state index contributed by atoms with van der Waals surface area (Å²) >= 11 is 3.16. The van der Waals surface area contributed by atoms with Gasteiger partial charge >= 0.3 is 0 Å². The molecule has 4 heterocycles. The molecule has 0 spiro atoms. The largest absolute Gasteiger partial charge is 0.343 e. The van der Waals surface area contributed by atoms with Crippen molar-refractivity contribution in [3.63, 3.8) is 0 Å². The third-order valence-electron chi connectivity index (χ3n) is 4.38. The van der Waals surface area contributed by atoms with Crippen LogP contribution in [0.5, 0.6) is 0 Å². The van der Waals surface area contributed by atoms with E-state index in [0.717, 1.165) is 34.3 Å². The average Bonchev–Trinajstić information content (AvgIpc) is 3.36. The minimum atomic E-state index is 0.119. The molecule has 4 rings (SSSR count). The number of nitrogens with zero attached hydrogens (tertiary/aromatic N) is 4. The van der Waals surface area contributed by atoms with Gasteiger partial charge < -0.3 is 4.57 Å². The fourth-order valence-corrected chi connectivity index (χ4v) is 4.51. The zero-order valence-corrected chi connectivity index (χ0v) is 16.2. The van der Waals surface area contributed by atoms with Crippen LogP contribution in [0.3, 0.4) is 0 Å². The van der Waals surface area contributed by atoms with Gasteiger partial charge in [-0.2, -0.15) is 0 Å². The van der Waals surface area contributed by atoms with E-state index in [1.165, 1.54) is 16.6 Å². The Morgan fingerprint density at radius 2 is 2.08 bits per heavy atom. The highest BCUT2D eigenvalue weighted by atomic mass is 32.2. The molecule has 0 fully saturated rings. The lowest BCUT2D eigenvalue weighted by molar-refractivity contribution is 0.102. The maximum atomic E-state index is 12.8. The van der Waals surface area contributed by atoms with E-state index in [4.69, 9.17) is 0 Å². The Morgan fingerprint density at radius 1 is 1.19 bits per heavy atom. The SMILES string of the molecule is Cc1cc(C(=O)CSc2nnc3ccccn23)c(C)n1Cc1cccs1. The second-order valence-corrected chi connectivity index (χ2v) is 8.05. The first-order valence-corrected chi connectivity index (χ1v) is 10.1. The first-order valence-electron chi connectivity index (χ1n) is 8.28. The molecule has 7 heteroatoms. The Kier molecular flexibility index (Phi) is 4.65. The van der Waals surface area contributed by atoms with Crippen molar-refractivity contribution in [3.8, 4) is 0 Å². The molecule has 132 valence electrons. The van der Waals surface area contributed by atoms with Crippen LogP contribution in [-0.2, 0) is 6.54 Å². The smallest absolute Gasteiger partial charge is 0.196 e. The lowest BCUT2D eigenvalue weighted by Gasteiger charge is -2.08. The minimum Gasteiger partial charge on any atom is -0.343 e. The number of Topliss-reactive ketones (excluding diaryl/α,β-unsaturated/α-hetero) is 1. The number of hydrogen-bond donors (Lipinski definition) is 0. The van der Waals surface area contributed by atoms with Gasteiger partial charge in [-0.15, -0.1) is 21.5 Å². The molecule has 5 nitrogen and oxygen atoms in total. The van der Waals surface area contributed by atoms with E-state index in [1.807, 2.05) is 41.8 Å². The maximum absolute atomic E-state index is 12.8. The van der Waals surface area contributed by atoms with Gasteiger partial charge in [0.1, 0.15) is 0 Å². The predicted molar refractivity (Wildman–Crippen MR) is 105 cm³/mol. The van der Waals surface area contributed by atoms with E-state index < -0.39 is 0 Å². The van der Waals surface area contributed by atoms with Gasteiger partial charge in [0.25, 0.3) is 0 Å². The lowest BCUT2D eigenvalue weighted by Crippen LogP contribution is -2.07. The van der Waals surface area contributed by atoms with Gasteiger partial charge in [0.05, 0.1) is 12.3 Å². The first-order chi connectivity index (χ1) is 12.6. The number of rotatable bonds is 6. The molecule has 0 amide bonds. The van der Waals surface area contributed by atoms with Gasteiger partial charge in [-0.25, -0.2) is 0 Å². The first kappa shape index (κ1) is 17.1. The molecule has 0 saturated heterocycles. The number of carbonyl (C=O) groups excluding carboxylic acids is 1. The minimum absolute atomic E-state index is 0.119. The van der Waals surface area contributed by atoms with E-state index >= 15 is 0 Å². The Morgan fingerprint density at radius 3 is 2.88 bits per heavy atom. The number of ketones is 1. The normalized spacial score (nSPS) is 11.3. The second-order valence-electron chi connectivity index (χ2n) is 6.07. The topological polar surface area (TPSA) is 52.2 Å². The van der Waals surface area contributed by atoms with Crippen LogP contribution in [0, 0.1) is 13.8 Å². The van der Waals surface area contributed by atoms with Crippen LogP contribution >= 0.6 is 23.1 Å². The van der Waals surface area contributed by atoms with Gasteiger partial charge in [-0.05, 0) is 43.5 Å². The Labute approximate surface area is 159 Å². The van der Waals surface area contributed by atoms with Crippen molar-refractivity contribution in [1.29, 1.82) is 0 Å². The fourth-order valence-electron chi connectivity index (χ4n) is 3.01. The Hall–Kier alpha value is -2.38. The summed E-state index contributed by atoms with van der Waals surface area (Å²) < 4.78 is 4.11. The summed E-state index contributed by atoms with van der Waals surface area (Å²) in [6.45, 7) is 4.88. The van der Waals surface area contributed by atoms with Crippen LogP contribution in [0.2, 0.25) is 0 Å².